The van der Waals surface area contributed by atoms with Crippen molar-refractivity contribution in [1.82, 2.24) is 0 Å². The molecule has 1 saturated heterocycles. The number of aromatic nitrogens is 1. The number of anilines is 1. The van der Waals surface area contributed by atoms with Crippen molar-refractivity contribution in [2.24, 2.45) is 0 Å². The molecule has 1 aromatic heterocycles. The lowest BCUT2D eigenvalue weighted by atomic mass is 9.95. The average Bonchev–Trinajstić information content (AvgIpc) is 2.78. The van der Waals surface area contributed by atoms with Gasteiger partial charge in [0, 0.05) is 36.5 Å². The van der Waals surface area contributed by atoms with Gasteiger partial charge in [-0.05, 0) is 36.8 Å². The van der Waals surface area contributed by atoms with E-state index in [-0.39, 0.29) is 0 Å². The van der Waals surface area contributed by atoms with Crippen LogP contribution in [-0.4, -0.2) is 26.3 Å². The summed E-state index contributed by atoms with van der Waals surface area (Å²) >= 11 is 0. The normalized spacial score (nSPS) is 14.7. The molecular weight excluding hydrogens is 344 g/mol. The lowest BCUT2D eigenvalue weighted by Gasteiger charge is -2.29. The van der Waals surface area contributed by atoms with Crippen LogP contribution in [0.3, 0.4) is 0 Å². The van der Waals surface area contributed by atoms with Gasteiger partial charge in [0.25, 0.3) is 0 Å². The number of nitrogens with zero attached hydrogens (tertiary/aromatic N) is 2. The number of benzene rings is 3. The van der Waals surface area contributed by atoms with E-state index in [1.165, 1.54) is 38.6 Å². The maximum absolute atomic E-state index is 5.49. The zero-order valence-corrected chi connectivity index (χ0v) is 16.3. The predicted octanol–water partition coefficient (Wildman–Crippen LogP) is 4.80. The van der Waals surface area contributed by atoms with Crippen LogP contribution in [0.2, 0.25) is 0 Å². The van der Waals surface area contributed by atoms with E-state index in [1.54, 1.807) is 0 Å². The zero-order valence-electron chi connectivity index (χ0n) is 16.3. The van der Waals surface area contributed by atoms with Crippen LogP contribution in [0.5, 0.6) is 0 Å². The fraction of sp³-hybridized carbons (Fsp3) is 0.240. The van der Waals surface area contributed by atoms with Gasteiger partial charge in [-0.15, -0.1) is 0 Å². The summed E-state index contributed by atoms with van der Waals surface area (Å²) < 4.78 is 7.90. The van der Waals surface area contributed by atoms with Crippen molar-refractivity contribution in [2.75, 3.05) is 31.2 Å². The van der Waals surface area contributed by atoms with Crippen molar-refractivity contribution >= 4 is 27.5 Å². The highest BCUT2D eigenvalue weighted by molar-refractivity contribution is 6.07. The van der Waals surface area contributed by atoms with Crippen LogP contribution >= 0.6 is 0 Å². The summed E-state index contributed by atoms with van der Waals surface area (Å²) in [5.41, 5.74) is 6.45. The molecule has 3 aromatic carbocycles. The smallest absolute Gasteiger partial charge is 0.213 e. The second-order valence-electron chi connectivity index (χ2n) is 7.30. The van der Waals surface area contributed by atoms with Crippen LogP contribution in [0, 0.1) is 0 Å². The van der Waals surface area contributed by atoms with Gasteiger partial charge >= 0.3 is 0 Å². The molecule has 0 saturated carbocycles. The molecule has 1 aliphatic heterocycles. The summed E-state index contributed by atoms with van der Waals surface area (Å²) in [5, 5.41) is 2.62. The Balaban J connectivity index is 1.71. The van der Waals surface area contributed by atoms with E-state index in [1.807, 2.05) is 0 Å². The molecule has 0 spiro atoms. The number of ether oxygens (including phenoxy) is 1. The average molecular weight is 369 g/mol. The van der Waals surface area contributed by atoms with Gasteiger partial charge in [0.15, 0.2) is 0 Å². The summed E-state index contributed by atoms with van der Waals surface area (Å²) in [6.07, 6.45) is 0. The second kappa shape index (κ2) is 7.25. The minimum absolute atomic E-state index is 0.812. The Kier molecular flexibility index (Phi) is 4.46. The largest absolute Gasteiger partial charge is 0.378 e. The topological polar surface area (TPSA) is 16.4 Å². The van der Waals surface area contributed by atoms with Crippen LogP contribution in [0.25, 0.3) is 32.9 Å². The highest BCUT2D eigenvalue weighted by Gasteiger charge is 2.20. The molecule has 5 rings (SSSR count). The molecule has 0 N–H and O–H groups in total. The van der Waals surface area contributed by atoms with Crippen LogP contribution in [-0.2, 0) is 11.3 Å². The molecule has 0 atom stereocenters. The zero-order chi connectivity index (χ0) is 18.9. The van der Waals surface area contributed by atoms with Gasteiger partial charge in [-0.1, -0.05) is 36.4 Å². The van der Waals surface area contributed by atoms with Crippen LogP contribution in [0.1, 0.15) is 6.92 Å². The Morgan fingerprint density at radius 1 is 0.786 bits per heavy atom. The SMILES string of the molecule is CC[n+]1c2ccccc2c(-c2ccc(N3CCOCC3)cc2)c2ccccc21. The minimum atomic E-state index is 0.812. The first-order valence-electron chi connectivity index (χ1n) is 10.1. The fourth-order valence-corrected chi connectivity index (χ4v) is 4.43. The molecule has 0 bridgehead atoms. The molecule has 4 aromatic rings. The molecule has 1 fully saturated rings. The van der Waals surface area contributed by atoms with Crippen molar-refractivity contribution in [3.63, 3.8) is 0 Å². The summed E-state index contributed by atoms with van der Waals surface area (Å²) in [7, 11) is 0. The van der Waals surface area contributed by atoms with Gasteiger partial charge in [-0.2, -0.15) is 4.57 Å². The first-order chi connectivity index (χ1) is 13.9. The third-order valence-corrected chi connectivity index (χ3v) is 5.78. The molecular formula is C25H25N2O+. The van der Waals surface area contributed by atoms with E-state index in [9.17, 15) is 0 Å². The van der Waals surface area contributed by atoms with Crippen LogP contribution in [0.4, 0.5) is 5.69 Å². The number of pyridine rings is 1. The third-order valence-electron chi connectivity index (χ3n) is 5.78. The Morgan fingerprint density at radius 3 is 1.93 bits per heavy atom. The molecule has 3 nitrogen and oxygen atoms in total. The number of para-hydroxylation sites is 2. The standard InChI is InChI=1S/C25H25N2O/c1-2-27-23-9-5-3-7-21(23)25(22-8-4-6-10-24(22)27)19-11-13-20(14-12-19)26-15-17-28-18-16-26/h3-14H,2,15-18H2,1H3/q+1. The van der Waals surface area contributed by atoms with Crippen molar-refractivity contribution < 1.29 is 9.30 Å². The monoisotopic (exact) mass is 369 g/mol. The number of hydrogen-bond donors (Lipinski definition) is 0. The molecule has 0 unspecified atom stereocenters. The van der Waals surface area contributed by atoms with Crippen LogP contribution < -0.4 is 9.47 Å². The highest BCUT2D eigenvalue weighted by atomic mass is 16.5. The minimum Gasteiger partial charge on any atom is -0.378 e. The maximum atomic E-state index is 5.49. The first-order valence-corrected chi connectivity index (χ1v) is 10.1. The van der Waals surface area contributed by atoms with Gasteiger partial charge in [0.05, 0.1) is 24.0 Å². The second-order valence-corrected chi connectivity index (χ2v) is 7.30. The third kappa shape index (κ3) is 2.83. The summed E-state index contributed by atoms with van der Waals surface area (Å²) in [6, 6.07) is 26.6. The van der Waals surface area contributed by atoms with Gasteiger partial charge in [-0.3, -0.25) is 0 Å². The van der Waals surface area contributed by atoms with Gasteiger partial charge in [0.1, 0.15) is 6.54 Å². The predicted molar refractivity (Wildman–Crippen MR) is 116 cm³/mol. The quantitative estimate of drug-likeness (QED) is 0.381. The molecule has 0 radical (unpaired) electrons. The molecule has 0 aliphatic carbocycles. The van der Waals surface area contributed by atoms with E-state index in [2.05, 4.69) is 89.2 Å². The van der Waals surface area contributed by atoms with Crippen molar-refractivity contribution in [3.8, 4) is 11.1 Å². The fourth-order valence-electron chi connectivity index (χ4n) is 4.43. The number of aryl methyl sites for hydroxylation is 1. The van der Waals surface area contributed by atoms with Crippen molar-refractivity contribution in [2.45, 2.75) is 13.5 Å². The van der Waals surface area contributed by atoms with E-state index in [4.69, 9.17) is 4.74 Å². The summed E-state index contributed by atoms with van der Waals surface area (Å²) in [6.45, 7) is 6.73. The number of fused-ring (bicyclic) bond motifs is 2. The van der Waals surface area contributed by atoms with E-state index >= 15 is 0 Å². The molecule has 2 heterocycles. The van der Waals surface area contributed by atoms with E-state index in [0.717, 1.165) is 32.8 Å². The number of morpholine rings is 1. The number of rotatable bonds is 3. The van der Waals surface area contributed by atoms with Gasteiger partial charge in [-0.25, -0.2) is 0 Å². The molecule has 28 heavy (non-hydrogen) atoms. The number of hydrogen-bond acceptors (Lipinski definition) is 2. The lowest BCUT2D eigenvalue weighted by Crippen LogP contribution is -2.36. The van der Waals surface area contributed by atoms with E-state index in [0.29, 0.717) is 0 Å². The van der Waals surface area contributed by atoms with Gasteiger partial charge < -0.3 is 9.64 Å². The van der Waals surface area contributed by atoms with Crippen molar-refractivity contribution in [1.29, 1.82) is 0 Å². The van der Waals surface area contributed by atoms with Crippen molar-refractivity contribution in [3.05, 3.63) is 72.8 Å². The van der Waals surface area contributed by atoms with Gasteiger partial charge in [0.2, 0.25) is 11.0 Å². The highest BCUT2D eigenvalue weighted by Crippen LogP contribution is 2.35. The molecule has 1 aliphatic rings. The van der Waals surface area contributed by atoms with Crippen LogP contribution in [0.15, 0.2) is 72.8 Å². The van der Waals surface area contributed by atoms with E-state index < -0.39 is 0 Å². The Morgan fingerprint density at radius 2 is 1.36 bits per heavy atom. The first kappa shape index (κ1) is 17.2. The molecule has 3 heteroatoms. The molecule has 0 amide bonds. The Labute approximate surface area is 165 Å². The molecule has 140 valence electrons. The lowest BCUT2D eigenvalue weighted by molar-refractivity contribution is -0.641. The maximum Gasteiger partial charge on any atom is 0.213 e. The summed E-state index contributed by atoms with van der Waals surface area (Å²) in [5.74, 6) is 0. The summed E-state index contributed by atoms with van der Waals surface area (Å²) in [4.78, 5) is 2.40. The Hall–Kier alpha value is -2.91. The Bertz CT molecular complexity index is 1070.